The van der Waals surface area contributed by atoms with Crippen LogP contribution in [0, 0.1) is 21.7 Å². The van der Waals surface area contributed by atoms with E-state index < -0.39 is 89.6 Å². The molecular formula is C20H18O12S2. The second-order valence-electron chi connectivity index (χ2n) is 10.4. The largest absolute Gasteiger partial charge is 0.392 e. The minimum atomic E-state index is -3.42. The summed E-state index contributed by atoms with van der Waals surface area (Å²) in [6.07, 6.45) is 2.34. The highest BCUT2D eigenvalue weighted by molar-refractivity contribution is 7.92. The van der Waals surface area contributed by atoms with Gasteiger partial charge in [-0.25, -0.2) is 16.8 Å². The molecule has 0 aromatic rings. The molecule has 0 aromatic heterocycles. The van der Waals surface area contributed by atoms with Gasteiger partial charge in [0.05, 0.1) is 47.4 Å². The third-order valence-electron chi connectivity index (χ3n) is 9.05. The molecule has 8 aliphatic rings. The highest BCUT2D eigenvalue weighted by atomic mass is 32.2. The molecule has 8 aliphatic heterocycles. The van der Waals surface area contributed by atoms with Crippen LogP contribution in [0.2, 0.25) is 0 Å². The van der Waals surface area contributed by atoms with Gasteiger partial charge in [0, 0.05) is 0 Å². The fourth-order valence-corrected chi connectivity index (χ4v) is 13.0. The average Bonchev–Trinajstić information content (AvgIpc) is 3.54. The molecule has 0 aliphatic carbocycles. The molecular weight excluding hydrogens is 496 g/mol. The zero-order chi connectivity index (χ0) is 24.1. The van der Waals surface area contributed by atoms with Crippen LogP contribution in [0.5, 0.6) is 0 Å². The van der Waals surface area contributed by atoms with Gasteiger partial charge in [-0.1, -0.05) is 12.2 Å². The van der Waals surface area contributed by atoms with E-state index in [9.17, 15) is 36.0 Å². The summed E-state index contributed by atoms with van der Waals surface area (Å²) in [5, 5.41) is 0. The molecule has 7 fully saturated rings. The number of hydrogen-bond donors (Lipinski definition) is 0. The topological polar surface area (TPSA) is 173 Å². The van der Waals surface area contributed by atoms with E-state index in [-0.39, 0.29) is 23.0 Å². The van der Waals surface area contributed by atoms with Gasteiger partial charge in [-0.05, 0) is 12.8 Å². The predicted molar refractivity (Wildman–Crippen MR) is 105 cm³/mol. The lowest BCUT2D eigenvalue weighted by Gasteiger charge is -2.32. The standard InChI is InChI=1S/C10H10O6S.C10H8O6S/c2*11-7-9-3-17(13,14)4-10(9,8(12)16-7)6-2-1-5(9)15-6/h5-6H,1-4H2;1-2,5-6H,3-4H2. The van der Waals surface area contributed by atoms with Crippen molar-refractivity contribution in [2.24, 2.45) is 21.7 Å². The molecule has 4 bridgehead atoms. The van der Waals surface area contributed by atoms with Gasteiger partial charge in [0.25, 0.3) is 0 Å². The quantitative estimate of drug-likeness (QED) is 0.195. The summed E-state index contributed by atoms with van der Waals surface area (Å²) in [5.74, 6) is -4.20. The third kappa shape index (κ3) is 1.92. The zero-order valence-electron chi connectivity index (χ0n) is 17.4. The fraction of sp³-hybridized carbons (Fsp3) is 0.700. The lowest BCUT2D eigenvalue weighted by Crippen LogP contribution is -2.51. The predicted octanol–water partition coefficient (Wildman–Crippen LogP) is -2.16. The first-order valence-electron chi connectivity index (χ1n) is 10.8. The first-order valence-corrected chi connectivity index (χ1v) is 14.4. The Morgan fingerprint density at radius 3 is 1.35 bits per heavy atom. The summed E-state index contributed by atoms with van der Waals surface area (Å²) in [7, 11) is -6.79. The lowest BCUT2D eigenvalue weighted by atomic mass is 9.59. The average molecular weight is 514 g/mol. The summed E-state index contributed by atoms with van der Waals surface area (Å²) < 4.78 is 67.9. The van der Waals surface area contributed by atoms with E-state index in [0.29, 0.717) is 12.8 Å². The van der Waals surface area contributed by atoms with Gasteiger partial charge in [0.2, 0.25) is 0 Å². The molecule has 182 valence electrons. The molecule has 0 aromatic carbocycles. The molecule has 12 nitrogen and oxygen atoms in total. The first kappa shape index (κ1) is 21.1. The number of rotatable bonds is 0. The number of ether oxygens (including phenoxy) is 4. The maximum Gasteiger partial charge on any atom is 0.325 e. The monoisotopic (exact) mass is 514 g/mol. The van der Waals surface area contributed by atoms with E-state index in [1.54, 1.807) is 12.2 Å². The molecule has 0 saturated carbocycles. The van der Waals surface area contributed by atoms with Crippen molar-refractivity contribution in [3.63, 3.8) is 0 Å². The fourth-order valence-electron chi connectivity index (χ4n) is 7.80. The second kappa shape index (κ2) is 5.63. The normalized spacial score (nSPS) is 53.2. The Hall–Kier alpha value is -2.16. The van der Waals surface area contributed by atoms with Crippen LogP contribution < -0.4 is 0 Å². The van der Waals surface area contributed by atoms with Crippen molar-refractivity contribution in [3.8, 4) is 0 Å². The Morgan fingerprint density at radius 1 is 0.588 bits per heavy atom. The van der Waals surface area contributed by atoms with Crippen molar-refractivity contribution in [1.29, 1.82) is 0 Å². The number of cyclic esters (lactones) is 4. The number of fused-ring (bicyclic) bond motifs is 4. The molecule has 0 spiro atoms. The molecule has 8 heterocycles. The van der Waals surface area contributed by atoms with Gasteiger partial charge in [0.1, 0.15) is 21.7 Å². The van der Waals surface area contributed by atoms with E-state index in [0.717, 1.165) is 0 Å². The Morgan fingerprint density at radius 2 is 0.941 bits per heavy atom. The van der Waals surface area contributed by atoms with E-state index in [1.165, 1.54) is 0 Å². The molecule has 0 radical (unpaired) electrons. The highest BCUT2D eigenvalue weighted by Gasteiger charge is 2.86. The SMILES string of the molecule is O=C1OC(=O)C23CS(=O)(=O)CC12C1C=CC3O1.O=C1OC(=O)C23CS(=O)(=O)CC12C1CCC3O1. The van der Waals surface area contributed by atoms with Gasteiger partial charge < -0.3 is 18.9 Å². The highest BCUT2D eigenvalue weighted by Crippen LogP contribution is 2.68. The van der Waals surface area contributed by atoms with Crippen LogP contribution in [0.1, 0.15) is 12.8 Å². The van der Waals surface area contributed by atoms with Gasteiger partial charge in [-0.15, -0.1) is 0 Å². The molecule has 0 N–H and O–H groups in total. The van der Waals surface area contributed by atoms with Crippen molar-refractivity contribution in [2.75, 3.05) is 23.0 Å². The number of sulfone groups is 2. The van der Waals surface area contributed by atoms with Crippen LogP contribution in [0.25, 0.3) is 0 Å². The number of esters is 4. The number of carbonyl (C=O) groups excluding carboxylic acids is 4. The van der Waals surface area contributed by atoms with E-state index >= 15 is 0 Å². The van der Waals surface area contributed by atoms with Crippen LogP contribution in [0.15, 0.2) is 12.2 Å². The minimum Gasteiger partial charge on any atom is -0.392 e. The summed E-state index contributed by atoms with van der Waals surface area (Å²) >= 11 is 0. The van der Waals surface area contributed by atoms with Gasteiger partial charge in [-0.2, -0.15) is 0 Å². The van der Waals surface area contributed by atoms with Crippen molar-refractivity contribution < 1.29 is 55.0 Å². The zero-order valence-corrected chi connectivity index (χ0v) is 19.1. The molecule has 8 atom stereocenters. The van der Waals surface area contributed by atoms with Crippen molar-refractivity contribution in [1.82, 2.24) is 0 Å². The van der Waals surface area contributed by atoms with Crippen molar-refractivity contribution in [3.05, 3.63) is 12.2 Å². The molecule has 7 saturated heterocycles. The molecule has 8 unspecified atom stereocenters. The van der Waals surface area contributed by atoms with Crippen LogP contribution in [0.3, 0.4) is 0 Å². The summed E-state index contributed by atoms with van der Waals surface area (Å²) in [6, 6.07) is 0. The van der Waals surface area contributed by atoms with Crippen LogP contribution in [-0.4, -0.2) is 88.1 Å². The Kier molecular flexibility index (Phi) is 3.50. The molecule has 8 rings (SSSR count). The maximum atomic E-state index is 12.0. The lowest BCUT2D eigenvalue weighted by molar-refractivity contribution is -0.161. The number of hydrogen-bond acceptors (Lipinski definition) is 12. The summed E-state index contributed by atoms with van der Waals surface area (Å²) in [5.41, 5.74) is -5.15. The van der Waals surface area contributed by atoms with E-state index in [2.05, 4.69) is 4.74 Å². The summed E-state index contributed by atoms with van der Waals surface area (Å²) in [4.78, 5) is 47.8. The van der Waals surface area contributed by atoms with Crippen LogP contribution >= 0.6 is 0 Å². The first-order chi connectivity index (χ1) is 15.8. The third-order valence-corrected chi connectivity index (χ3v) is 12.6. The second-order valence-corrected chi connectivity index (χ2v) is 14.5. The van der Waals surface area contributed by atoms with Crippen molar-refractivity contribution >= 4 is 43.6 Å². The minimum absolute atomic E-state index is 0.300. The Labute approximate surface area is 192 Å². The molecule has 14 heteroatoms. The molecule has 34 heavy (non-hydrogen) atoms. The smallest absolute Gasteiger partial charge is 0.325 e. The van der Waals surface area contributed by atoms with Gasteiger partial charge in [-0.3, -0.25) is 19.2 Å². The molecule has 0 amide bonds. The Balaban J connectivity index is 0.000000118. The Bertz CT molecular complexity index is 1280. The summed E-state index contributed by atoms with van der Waals surface area (Å²) in [6.45, 7) is 0. The maximum absolute atomic E-state index is 12.0. The van der Waals surface area contributed by atoms with Gasteiger partial charge >= 0.3 is 23.9 Å². The van der Waals surface area contributed by atoms with Crippen LogP contribution in [0.4, 0.5) is 0 Å². The van der Waals surface area contributed by atoms with E-state index in [1.807, 2.05) is 0 Å². The van der Waals surface area contributed by atoms with E-state index in [4.69, 9.17) is 14.2 Å². The van der Waals surface area contributed by atoms with Crippen molar-refractivity contribution in [2.45, 2.75) is 37.3 Å². The van der Waals surface area contributed by atoms with Gasteiger partial charge in [0.15, 0.2) is 19.7 Å². The number of carbonyl (C=O) groups is 4. The van der Waals surface area contributed by atoms with Crippen LogP contribution in [-0.2, 0) is 57.8 Å².